The van der Waals surface area contributed by atoms with E-state index >= 15 is 0 Å². The summed E-state index contributed by atoms with van der Waals surface area (Å²) in [5, 5.41) is 14.3. The molecule has 2 aliphatic heterocycles. The molecule has 2 aromatic rings. The Morgan fingerprint density at radius 2 is 1.79 bits per heavy atom. The summed E-state index contributed by atoms with van der Waals surface area (Å²) >= 11 is 0. The monoisotopic (exact) mass is 576 g/mol. The van der Waals surface area contributed by atoms with Crippen LogP contribution < -0.4 is 10.0 Å². The molecule has 0 spiro atoms. The normalized spacial score (nSPS) is 23.1. The molecule has 2 aromatic carbocycles. The lowest BCUT2D eigenvalue weighted by Gasteiger charge is -2.43. The Morgan fingerprint density at radius 1 is 1.10 bits per heavy atom. The first kappa shape index (κ1) is 27.1. The van der Waals surface area contributed by atoms with Gasteiger partial charge >= 0.3 is 0 Å². The minimum Gasteiger partial charge on any atom is -0.511 e. The molecule has 1 fully saturated rings. The van der Waals surface area contributed by atoms with Crippen LogP contribution in [0, 0.1) is 11.7 Å². The highest BCUT2D eigenvalue weighted by Gasteiger charge is 2.44. The highest BCUT2D eigenvalue weighted by atomic mass is 32.2. The molecular weight excluding hydrogens is 547 g/mol. The van der Waals surface area contributed by atoms with E-state index in [1.807, 2.05) is 0 Å². The summed E-state index contributed by atoms with van der Waals surface area (Å²) in [5.41, 5.74) is 0.621. The zero-order valence-electron chi connectivity index (χ0n) is 21.2. The average Bonchev–Trinajstić information content (AvgIpc) is 2.82. The predicted molar refractivity (Wildman–Crippen MR) is 145 cm³/mol. The van der Waals surface area contributed by atoms with Gasteiger partial charge in [0.2, 0.25) is 10.0 Å². The number of hydrogen-bond acceptors (Lipinski definition) is 7. The zero-order valence-corrected chi connectivity index (χ0v) is 22.9. The molecule has 2 unspecified atom stereocenters. The molecular formula is C26H29FN4O6S2. The van der Waals surface area contributed by atoms with Gasteiger partial charge in [-0.1, -0.05) is 37.8 Å². The molecule has 208 valence electrons. The Bertz CT molecular complexity index is 1590. The van der Waals surface area contributed by atoms with Crippen molar-refractivity contribution in [3.05, 3.63) is 65.2 Å². The van der Waals surface area contributed by atoms with Gasteiger partial charge in [-0.15, -0.1) is 4.40 Å². The van der Waals surface area contributed by atoms with E-state index in [0.717, 1.165) is 38.0 Å². The van der Waals surface area contributed by atoms with Crippen molar-refractivity contribution in [1.29, 1.82) is 0 Å². The minimum atomic E-state index is -4.36. The van der Waals surface area contributed by atoms with Gasteiger partial charge < -0.3 is 15.3 Å². The lowest BCUT2D eigenvalue weighted by atomic mass is 9.79. The van der Waals surface area contributed by atoms with Gasteiger partial charge in [-0.3, -0.25) is 9.52 Å². The average molecular weight is 577 g/mol. The topological polar surface area (TPSA) is 145 Å². The number of aliphatic hydroxyl groups is 1. The van der Waals surface area contributed by atoms with Gasteiger partial charge in [0.25, 0.3) is 15.9 Å². The molecule has 3 aliphatic rings. The maximum atomic E-state index is 13.9. The van der Waals surface area contributed by atoms with E-state index in [1.165, 1.54) is 24.3 Å². The van der Waals surface area contributed by atoms with Gasteiger partial charge in [-0.2, -0.15) is 8.42 Å². The Hall–Kier alpha value is -3.45. The Balaban J connectivity index is 1.56. The van der Waals surface area contributed by atoms with Crippen LogP contribution in [0.25, 0.3) is 0 Å². The van der Waals surface area contributed by atoms with Crippen molar-refractivity contribution >= 4 is 43.2 Å². The fraction of sp³-hybridized carbons (Fsp3) is 0.385. The zero-order chi connectivity index (χ0) is 27.9. The first-order chi connectivity index (χ1) is 18.4. The molecule has 1 saturated carbocycles. The van der Waals surface area contributed by atoms with Crippen molar-refractivity contribution in [3.63, 3.8) is 0 Å². The second-order valence-corrected chi connectivity index (χ2v) is 13.4. The van der Waals surface area contributed by atoms with Crippen LogP contribution in [0.5, 0.6) is 0 Å². The number of carbonyl (C=O) groups excluding carboxylic acids is 1. The highest BCUT2D eigenvalue weighted by molar-refractivity contribution is 7.92. The van der Waals surface area contributed by atoms with Gasteiger partial charge in [0.05, 0.1) is 11.9 Å². The molecule has 1 amide bonds. The third kappa shape index (κ3) is 5.64. The molecule has 0 radical (unpaired) electrons. The number of halogens is 1. The molecule has 3 N–H and O–H groups in total. The van der Waals surface area contributed by atoms with Crippen LogP contribution in [0.1, 0.15) is 44.1 Å². The summed E-state index contributed by atoms with van der Waals surface area (Å²) in [7, 11) is -8.00. The highest BCUT2D eigenvalue weighted by Crippen LogP contribution is 2.40. The molecule has 0 saturated heterocycles. The summed E-state index contributed by atoms with van der Waals surface area (Å²) in [4.78, 5) is 15.3. The Labute approximate surface area is 226 Å². The number of amidine groups is 1. The second kappa shape index (κ2) is 10.3. The number of amides is 1. The number of nitrogens with one attached hydrogen (secondary N) is 2. The van der Waals surface area contributed by atoms with Crippen LogP contribution in [-0.2, 0) is 31.4 Å². The Kier molecular flexibility index (Phi) is 7.14. The minimum absolute atomic E-state index is 0.0407. The van der Waals surface area contributed by atoms with E-state index in [9.17, 15) is 31.1 Å². The molecule has 10 nitrogen and oxygen atoms in total. The summed E-state index contributed by atoms with van der Waals surface area (Å²) in [6, 6.07) is 9.41. The molecule has 1 aliphatic carbocycles. The third-order valence-corrected chi connectivity index (χ3v) is 9.17. The number of anilines is 2. The van der Waals surface area contributed by atoms with Crippen molar-refractivity contribution < 1.29 is 31.1 Å². The van der Waals surface area contributed by atoms with Crippen LogP contribution in [0.3, 0.4) is 0 Å². The SMILES string of the molecule is CS(=O)(=O)Nc1ccc2c(c1)S(=O)(=O)N=C(C1=C(O)C3CCCCCCC3N(Cc3ccc(F)cc3)C1=O)N2. The number of benzene rings is 2. The number of nitrogens with zero attached hydrogens (tertiary/aromatic N) is 2. The van der Waals surface area contributed by atoms with E-state index in [2.05, 4.69) is 14.4 Å². The molecule has 13 heteroatoms. The quantitative estimate of drug-likeness (QED) is 0.489. The standard InChI is InChI=1S/C26H29FN4O6S2/c1-38(34,35)29-18-12-13-20-22(14-18)39(36,37)30-25(28-20)23-24(32)19-6-4-2-3-5-7-21(19)31(26(23)33)15-16-8-10-17(27)11-9-16/h8-14,19,21,29,32H,2-7,15H2,1H3,(H,28,30). The van der Waals surface area contributed by atoms with Crippen LogP contribution in [0.15, 0.2) is 63.1 Å². The van der Waals surface area contributed by atoms with E-state index in [-0.39, 0.29) is 46.0 Å². The summed E-state index contributed by atoms with van der Waals surface area (Å²) in [5.74, 6) is -1.86. The van der Waals surface area contributed by atoms with Gasteiger partial charge in [0, 0.05) is 24.2 Å². The van der Waals surface area contributed by atoms with Gasteiger partial charge in [-0.05, 0) is 48.7 Å². The summed E-state index contributed by atoms with van der Waals surface area (Å²) in [6.07, 6.45) is 5.95. The molecule has 5 rings (SSSR count). The summed E-state index contributed by atoms with van der Waals surface area (Å²) < 4.78 is 69.2. The van der Waals surface area contributed by atoms with E-state index in [4.69, 9.17) is 0 Å². The molecule has 0 aromatic heterocycles. The fourth-order valence-electron chi connectivity index (χ4n) is 5.49. The van der Waals surface area contributed by atoms with Gasteiger partial charge in [-0.25, -0.2) is 12.8 Å². The fourth-order valence-corrected chi connectivity index (χ4v) is 7.19. The van der Waals surface area contributed by atoms with Crippen molar-refractivity contribution in [2.24, 2.45) is 10.3 Å². The maximum Gasteiger partial charge on any atom is 0.286 e. The smallest absolute Gasteiger partial charge is 0.286 e. The first-order valence-electron chi connectivity index (χ1n) is 12.7. The van der Waals surface area contributed by atoms with E-state index in [1.54, 1.807) is 17.0 Å². The largest absolute Gasteiger partial charge is 0.511 e. The second-order valence-electron chi connectivity index (χ2n) is 10.1. The van der Waals surface area contributed by atoms with E-state index < -0.39 is 37.7 Å². The van der Waals surface area contributed by atoms with Crippen LogP contribution in [0.4, 0.5) is 15.8 Å². The lowest BCUT2D eigenvalue weighted by Crippen LogP contribution is -2.52. The first-order valence-corrected chi connectivity index (χ1v) is 16.0. The van der Waals surface area contributed by atoms with Crippen LogP contribution in [-0.4, -0.2) is 50.9 Å². The number of aliphatic hydroxyl groups excluding tert-OH is 1. The third-order valence-electron chi connectivity index (χ3n) is 7.24. The maximum absolute atomic E-state index is 13.9. The Morgan fingerprint density at radius 3 is 2.49 bits per heavy atom. The predicted octanol–water partition coefficient (Wildman–Crippen LogP) is 3.90. The number of hydrogen-bond donors (Lipinski definition) is 3. The van der Waals surface area contributed by atoms with Gasteiger partial charge in [0.1, 0.15) is 22.0 Å². The lowest BCUT2D eigenvalue weighted by molar-refractivity contribution is -0.133. The molecule has 2 heterocycles. The van der Waals surface area contributed by atoms with Crippen LogP contribution in [0.2, 0.25) is 0 Å². The molecule has 0 bridgehead atoms. The van der Waals surface area contributed by atoms with Crippen molar-refractivity contribution in [1.82, 2.24) is 4.90 Å². The van der Waals surface area contributed by atoms with Crippen molar-refractivity contribution in [2.45, 2.75) is 56.0 Å². The van der Waals surface area contributed by atoms with Crippen LogP contribution >= 0.6 is 0 Å². The summed E-state index contributed by atoms with van der Waals surface area (Å²) in [6.45, 7) is 0.161. The van der Waals surface area contributed by atoms with Crippen molar-refractivity contribution in [3.8, 4) is 0 Å². The number of fused-ring (bicyclic) bond motifs is 2. The molecule has 39 heavy (non-hydrogen) atoms. The van der Waals surface area contributed by atoms with E-state index in [0.29, 0.717) is 18.4 Å². The van der Waals surface area contributed by atoms with Gasteiger partial charge in [0.15, 0.2) is 5.84 Å². The van der Waals surface area contributed by atoms with Crippen molar-refractivity contribution in [2.75, 3.05) is 16.3 Å². The number of sulfonamides is 2. The number of rotatable bonds is 5. The number of carbonyl (C=O) groups is 1. The molecule has 2 atom stereocenters.